The van der Waals surface area contributed by atoms with Crippen molar-refractivity contribution in [3.8, 4) is 0 Å². The van der Waals surface area contributed by atoms with E-state index in [9.17, 15) is 9.50 Å². The summed E-state index contributed by atoms with van der Waals surface area (Å²) in [6, 6.07) is 9.27. The quantitative estimate of drug-likeness (QED) is 0.944. The molecule has 116 valence electrons. The van der Waals surface area contributed by atoms with Gasteiger partial charge in [0.1, 0.15) is 0 Å². The van der Waals surface area contributed by atoms with E-state index in [1.54, 1.807) is 18.2 Å². The molecule has 0 radical (unpaired) electrons. The van der Waals surface area contributed by atoms with Gasteiger partial charge in [-0.3, -0.25) is 4.98 Å². The highest BCUT2D eigenvalue weighted by Crippen LogP contribution is 2.25. The minimum Gasteiger partial charge on any atom is -0.392 e. The van der Waals surface area contributed by atoms with Crippen LogP contribution in [0.4, 0.5) is 15.8 Å². The predicted octanol–water partition coefficient (Wildman–Crippen LogP) is 2.35. The molecule has 22 heavy (non-hydrogen) atoms. The monoisotopic (exact) mass is 301 g/mol. The predicted molar refractivity (Wildman–Crippen MR) is 85.7 cm³/mol. The van der Waals surface area contributed by atoms with Gasteiger partial charge in [0, 0.05) is 37.4 Å². The standard InChI is InChI=1S/C17H20FN3O/c1-13-5-6-15(11-19-13)20-7-9-21(10-8-20)16-4-2-3-14(12-22)17(16)18/h2-6,11,22H,7-10,12H2,1H3. The highest BCUT2D eigenvalue weighted by molar-refractivity contribution is 5.53. The lowest BCUT2D eigenvalue weighted by Crippen LogP contribution is -2.46. The maximum absolute atomic E-state index is 14.3. The smallest absolute Gasteiger partial charge is 0.151 e. The van der Waals surface area contributed by atoms with E-state index in [0.29, 0.717) is 11.3 Å². The summed E-state index contributed by atoms with van der Waals surface area (Å²) in [7, 11) is 0. The molecular formula is C17H20FN3O. The Morgan fingerprint density at radius 1 is 1.09 bits per heavy atom. The molecule has 0 unspecified atom stereocenters. The molecule has 3 rings (SSSR count). The molecule has 1 N–H and O–H groups in total. The summed E-state index contributed by atoms with van der Waals surface area (Å²) < 4.78 is 14.3. The molecule has 0 amide bonds. The van der Waals surface area contributed by atoms with Gasteiger partial charge in [-0.2, -0.15) is 0 Å². The Hall–Kier alpha value is -2.14. The van der Waals surface area contributed by atoms with Gasteiger partial charge in [0.15, 0.2) is 5.82 Å². The van der Waals surface area contributed by atoms with Gasteiger partial charge < -0.3 is 14.9 Å². The summed E-state index contributed by atoms with van der Waals surface area (Å²) in [5.41, 5.74) is 3.04. The Labute approximate surface area is 129 Å². The van der Waals surface area contributed by atoms with E-state index >= 15 is 0 Å². The molecule has 5 heteroatoms. The second kappa shape index (κ2) is 6.32. The molecule has 1 aromatic carbocycles. The maximum atomic E-state index is 14.3. The van der Waals surface area contributed by atoms with Crippen molar-refractivity contribution in [1.82, 2.24) is 4.98 Å². The Morgan fingerprint density at radius 3 is 2.45 bits per heavy atom. The summed E-state index contributed by atoms with van der Waals surface area (Å²) >= 11 is 0. The van der Waals surface area contributed by atoms with Crippen LogP contribution in [-0.2, 0) is 6.61 Å². The van der Waals surface area contributed by atoms with Crippen molar-refractivity contribution in [2.45, 2.75) is 13.5 Å². The minimum atomic E-state index is -0.310. The number of aryl methyl sites for hydroxylation is 1. The van der Waals surface area contributed by atoms with Gasteiger partial charge in [-0.1, -0.05) is 12.1 Å². The maximum Gasteiger partial charge on any atom is 0.151 e. The van der Waals surface area contributed by atoms with Crippen molar-refractivity contribution < 1.29 is 9.50 Å². The third-order valence-electron chi connectivity index (χ3n) is 4.11. The van der Waals surface area contributed by atoms with E-state index in [1.165, 1.54) is 0 Å². The van der Waals surface area contributed by atoms with Gasteiger partial charge in [0.25, 0.3) is 0 Å². The number of hydrogen-bond donors (Lipinski definition) is 1. The number of nitrogens with zero attached hydrogens (tertiary/aromatic N) is 3. The first-order chi connectivity index (χ1) is 10.7. The van der Waals surface area contributed by atoms with Crippen molar-refractivity contribution in [3.05, 3.63) is 53.6 Å². The van der Waals surface area contributed by atoms with Crippen LogP contribution in [0.5, 0.6) is 0 Å². The molecule has 1 aliphatic rings. The molecular weight excluding hydrogens is 281 g/mol. The minimum absolute atomic E-state index is 0.269. The van der Waals surface area contributed by atoms with Gasteiger partial charge >= 0.3 is 0 Å². The summed E-state index contributed by atoms with van der Waals surface area (Å²) in [5, 5.41) is 9.18. The SMILES string of the molecule is Cc1ccc(N2CCN(c3cccc(CO)c3F)CC2)cn1. The molecule has 1 saturated heterocycles. The molecule has 0 atom stereocenters. The molecule has 1 fully saturated rings. The highest BCUT2D eigenvalue weighted by Gasteiger charge is 2.20. The molecule has 0 spiro atoms. The third kappa shape index (κ3) is 2.90. The zero-order chi connectivity index (χ0) is 15.5. The zero-order valence-corrected chi connectivity index (χ0v) is 12.7. The topological polar surface area (TPSA) is 39.6 Å². The van der Waals surface area contributed by atoms with Crippen LogP contribution in [0.1, 0.15) is 11.3 Å². The van der Waals surface area contributed by atoms with Crippen molar-refractivity contribution in [1.29, 1.82) is 0 Å². The number of benzene rings is 1. The molecule has 0 aliphatic carbocycles. The van der Waals surface area contributed by atoms with Crippen LogP contribution in [0.15, 0.2) is 36.5 Å². The summed E-state index contributed by atoms with van der Waals surface area (Å²) in [6.07, 6.45) is 1.89. The summed E-state index contributed by atoms with van der Waals surface area (Å²) in [6.45, 7) is 4.85. The number of anilines is 2. The van der Waals surface area contributed by atoms with Gasteiger partial charge in [-0.25, -0.2) is 4.39 Å². The normalized spacial score (nSPS) is 15.2. The fourth-order valence-corrected chi connectivity index (χ4v) is 2.79. The van der Waals surface area contributed by atoms with E-state index in [2.05, 4.69) is 16.0 Å². The van der Waals surface area contributed by atoms with Crippen LogP contribution in [0.2, 0.25) is 0 Å². The van der Waals surface area contributed by atoms with Gasteiger partial charge in [0.05, 0.1) is 24.2 Å². The van der Waals surface area contributed by atoms with Crippen LogP contribution < -0.4 is 9.80 Å². The fraction of sp³-hybridized carbons (Fsp3) is 0.353. The lowest BCUT2D eigenvalue weighted by molar-refractivity contribution is 0.276. The fourth-order valence-electron chi connectivity index (χ4n) is 2.79. The number of hydrogen-bond acceptors (Lipinski definition) is 4. The molecule has 2 heterocycles. The Balaban J connectivity index is 1.70. The second-order valence-electron chi connectivity index (χ2n) is 5.54. The average Bonchev–Trinajstić information content (AvgIpc) is 2.56. The van der Waals surface area contributed by atoms with Crippen molar-refractivity contribution in [2.75, 3.05) is 36.0 Å². The Morgan fingerprint density at radius 2 is 1.82 bits per heavy atom. The first-order valence-corrected chi connectivity index (χ1v) is 7.50. The third-order valence-corrected chi connectivity index (χ3v) is 4.11. The lowest BCUT2D eigenvalue weighted by Gasteiger charge is -2.37. The number of piperazine rings is 1. The van der Waals surface area contributed by atoms with E-state index in [1.807, 2.05) is 24.1 Å². The van der Waals surface area contributed by atoms with Crippen molar-refractivity contribution in [3.63, 3.8) is 0 Å². The molecule has 1 aromatic heterocycles. The van der Waals surface area contributed by atoms with Crippen LogP contribution in [0, 0.1) is 12.7 Å². The first-order valence-electron chi connectivity index (χ1n) is 7.50. The average molecular weight is 301 g/mol. The van der Waals surface area contributed by atoms with Crippen molar-refractivity contribution >= 4 is 11.4 Å². The number of aliphatic hydroxyl groups is 1. The molecule has 4 nitrogen and oxygen atoms in total. The van der Waals surface area contributed by atoms with Crippen LogP contribution in [0.25, 0.3) is 0 Å². The molecule has 0 saturated carbocycles. The van der Waals surface area contributed by atoms with Crippen molar-refractivity contribution in [2.24, 2.45) is 0 Å². The molecule has 1 aliphatic heterocycles. The van der Waals surface area contributed by atoms with E-state index < -0.39 is 0 Å². The van der Waals surface area contributed by atoms with E-state index in [0.717, 1.165) is 37.6 Å². The summed E-state index contributed by atoms with van der Waals surface area (Å²) in [4.78, 5) is 8.62. The molecule has 0 bridgehead atoms. The van der Waals surface area contributed by atoms with E-state index in [-0.39, 0.29) is 12.4 Å². The van der Waals surface area contributed by atoms with E-state index in [4.69, 9.17) is 0 Å². The number of pyridine rings is 1. The summed E-state index contributed by atoms with van der Waals surface area (Å²) in [5.74, 6) is -0.310. The number of aliphatic hydroxyl groups excluding tert-OH is 1. The zero-order valence-electron chi connectivity index (χ0n) is 12.7. The largest absolute Gasteiger partial charge is 0.392 e. The van der Waals surface area contributed by atoms with Gasteiger partial charge in [-0.05, 0) is 25.1 Å². The highest BCUT2D eigenvalue weighted by atomic mass is 19.1. The van der Waals surface area contributed by atoms with Crippen LogP contribution in [-0.4, -0.2) is 36.3 Å². The number of aromatic nitrogens is 1. The lowest BCUT2D eigenvalue weighted by atomic mass is 10.1. The van der Waals surface area contributed by atoms with Crippen LogP contribution >= 0.6 is 0 Å². The Kier molecular flexibility index (Phi) is 4.24. The second-order valence-corrected chi connectivity index (χ2v) is 5.54. The van der Waals surface area contributed by atoms with Gasteiger partial charge in [-0.15, -0.1) is 0 Å². The number of rotatable bonds is 3. The first kappa shape index (κ1) is 14.8. The number of halogens is 1. The Bertz CT molecular complexity index is 637. The van der Waals surface area contributed by atoms with Crippen LogP contribution in [0.3, 0.4) is 0 Å². The van der Waals surface area contributed by atoms with Gasteiger partial charge in [0.2, 0.25) is 0 Å². The molecule has 2 aromatic rings.